The van der Waals surface area contributed by atoms with Gasteiger partial charge in [0.15, 0.2) is 0 Å². The molecule has 0 bridgehead atoms. The number of aromatic nitrogens is 1. The minimum absolute atomic E-state index is 0.0909. The van der Waals surface area contributed by atoms with Gasteiger partial charge in [-0.3, -0.25) is 9.78 Å². The fourth-order valence-electron chi connectivity index (χ4n) is 2.26. The molecule has 0 aliphatic rings. The quantitative estimate of drug-likeness (QED) is 0.870. The van der Waals surface area contributed by atoms with E-state index in [4.69, 9.17) is 5.73 Å². The van der Waals surface area contributed by atoms with Crippen molar-refractivity contribution in [3.05, 3.63) is 65.7 Å². The molecule has 0 spiro atoms. The van der Waals surface area contributed by atoms with Crippen molar-refractivity contribution in [2.24, 2.45) is 5.73 Å². The second-order valence-electron chi connectivity index (χ2n) is 4.61. The minimum atomic E-state index is -1.49. The Balaban J connectivity index is 2.51. The highest BCUT2D eigenvalue weighted by Gasteiger charge is 2.41. The van der Waals surface area contributed by atoms with Crippen LogP contribution in [0, 0.1) is 5.82 Å². The van der Waals surface area contributed by atoms with E-state index in [0.29, 0.717) is 5.56 Å². The summed E-state index contributed by atoms with van der Waals surface area (Å²) in [6, 6.07) is 9.29. The van der Waals surface area contributed by atoms with Crippen LogP contribution in [0.4, 0.5) is 4.39 Å². The van der Waals surface area contributed by atoms with Crippen molar-refractivity contribution in [1.29, 1.82) is 0 Å². The second-order valence-corrected chi connectivity index (χ2v) is 4.61. The van der Waals surface area contributed by atoms with Crippen LogP contribution in [0.3, 0.4) is 0 Å². The summed E-state index contributed by atoms with van der Waals surface area (Å²) in [4.78, 5) is 15.7. The molecule has 0 aliphatic carbocycles. The van der Waals surface area contributed by atoms with Gasteiger partial charge in [0.2, 0.25) is 0 Å². The van der Waals surface area contributed by atoms with Gasteiger partial charge in [0.25, 0.3) is 0 Å². The number of halogens is 1. The largest absolute Gasteiger partial charge is 0.481 e. The van der Waals surface area contributed by atoms with Crippen molar-refractivity contribution in [3.8, 4) is 0 Å². The highest BCUT2D eigenvalue weighted by molar-refractivity contribution is 5.82. The number of carboxylic acid groups (broad SMARTS) is 1. The summed E-state index contributed by atoms with van der Waals surface area (Å²) in [5.41, 5.74) is 4.99. The van der Waals surface area contributed by atoms with Gasteiger partial charge in [0, 0.05) is 24.5 Å². The first-order valence-corrected chi connectivity index (χ1v) is 6.17. The number of rotatable bonds is 5. The van der Waals surface area contributed by atoms with Crippen molar-refractivity contribution in [3.63, 3.8) is 0 Å². The fraction of sp³-hybridized carbons (Fsp3) is 0.200. The molecular weight excluding hydrogens is 259 g/mol. The molecule has 0 radical (unpaired) electrons. The van der Waals surface area contributed by atoms with E-state index in [0.717, 1.165) is 0 Å². The van der Waals surface area contributed by atoms with E-state index in [9.17, 15) is 14.3 Å². The van der Waals surface area contributed by atoms with Gasteiger partial charge in [-0.25, -0.2) is 4.39 Å². The summed E-state index contributed by atoms with van der Waals surface area (Å²) in [6.07, 6.45) is 3.25. The number of benzene rings is 1. The third-order valence-corrected chi connectivity index (χ3v) is 3.38. The zero-order chi connectivity index (χ0) is 14.6. The second kappa shape index (κ2) is 5.79. The van der Waals surface area contributed by atoms with Crippen LogP contribution in [0.25, 0.3) is 0 Å². The van der Waals surface area contributed by atoms with Crippen LogP contribution in [-0.2, 0) is 16.6 Å². The van der Waals surface area contributed by atoms with Gasteiger partial charge in [-0.15, -0.1) is 0 Å². The molecule has 20 heavy (non-hydrogen) atoms. The Kier molecular flexibility index (Phi) is 4.10. The number of carbonyl (C=O) groups is 1. The Labute approximate surface area is 116 Å². The first kappa shape index (κ1) is 14.1. The lowest BCUT2D eigenvalue weighted by Gasteiger charge is -2.28. The molecule has 1 unspecified atom stereocenters. The van der Waals surface area contributed by atoms with E-state index in [2.05, 4.69) is 4.98 Å². The number of pyridine rings is 1. The van der Waals surface area contributed by atoms with Gasteiger partial charge in [-0.1, -0.05) is 24.3 Å². The molecule has 0 aliphatic heterocycles. The van der Waals surface area contributed by atoms with Gasteiger partial charge in [0.1, 0.15) is 11.2 Å². The van der Waals surface area contributed by atoms with Crippen LogP contribution in [-0.4, -0.2) is 22.6 Å². The Morgan fingerprint density at radius 2 is 2.05 bits per heavy atom. The highest BCUT2D eigenvalue weighted by Crippen LogP contribution is 2.30. The molecule has 0 fully saturated rings. The lowest BCUT2D eigenvalue weighted by atomic mass is 9.75. The zero-order valence-corrected chi connectivity index (χ0v) is 10.8. The first-order chi connectivity index (χ1) is 9.60. The van der Waals surface area contributed by atoms with Gasteiger partial charge >= 0.3 is 5.97 Å². The lowest BCUT2D eigenvalue weighted by Crippen LogP contribution is -2.45. The number of nitrogens with two attached hydrogens (primary N) is 1. The molecule has 0 saturated carbocycles. The van der Waals surface area contributed by atoms with E-state index in [1.165, 1.54) is 18.2 Å². The summed E-state index contributed by atoms with van der Waals surface area (Å²) in [5.74, 6) is -1.71. The first-order valence-electron chi connectivity index (χ1n) is 6.17. The maximum atomic E-state index is 14.0. The van der Waals surface area contributed by atoms with Crippen molar-refractivity contribution < 1.29 is 14.3 Å². The molecule has 4 nitrogen and oxygen atoms in total. The van der Waals surface area contributed by atoms with Crippen molar-refractivity contribution >= 4 is 5.97 Å². The van der Waals surface area contributed by atoms with E-state index in [1.54, 1.807) is 30.6 Å². The average Bonchev–Trinajstić information content (AvgIpc) is 2.46. The van der Waals surface area contributed by atoms with Gasteiger partial charge in [-0.05, 0) is 24.1 Å². The van der Waals surface area contributed by atoms with E-state index in [1.807, 2.05) is 0 Å². The molecule has 2 aromatic rings. The zero-order valence-electron chi connectivity index (χ0n) is 10.8. The standard InChI is InChI=1S/C15H15FN2O2/c16-13-6-2-1-5-12(13)15(10-17,14(19)20)8-11-4-3-7-18-9-11/h1-7,9H,8,10,17H2,(H,19,20). The number of hydrogen-bond donors (Lipinski definition) is 2. The van der Waals surface area contributed by atoms with E-state index >= 15 is 0 Å². The van der Waals surface area contributed by atoms with Crippen LogP contribution < -0.4 is 5.73 Å². The smallest absolute Gasteiger partial charge is 0.315 e. The number of carboxylic acids is 1. The Morgan fingerprint density at radius 1 is 1.30 bits per heavy atom. The normalized spacial score (nSPS) is 13.7. The summed E-state index contributed by atoms with van der Waals surface area (Å²) in [7, 11) is 0. The predicted molar refractivity (Wildman–Crippen MR) is 72.7 cm³/mol. The van der Waals surface area contributed by atoms with E-state index < -0.39 is 17.2 Å². The number of hydrogen-bond acceptors (Lipinski definition) is 3. The van der Waals surface area contributed by atoms with Crippen LogP contribution >= 0.6 is 0 Å². The van der Waals surface area contributed by atoms with Gasteiger partial charge in [0.05, 0.1) is 0 Å². The summed E-state index contributed by atoms with van der Waals surface area (Å²) in [6.45, 7) is -0.196. The van der Waals surface area contributed by atoms with Gasteiger partial charge in [-0.2, -0.15) is 0 Å². The van der Waals surface area contributed by atoms with Crippen molar-refractivity contribution in [2.75, 3.05) is 6.54 Å². The van der Waals surface area contributed by atoms with Crippen LogP contribution in [0.15, 0.2) is 48.8 Å². The Hall–Kier alpha value is -2.27. The molecule has 3 N–H and O–H groups in total. The monoisotopic (exact) mass is 274 g/mol. The van der Waals surface area contributed by atoms with Crippen molar-refractivity contribution in [1.82, 2.24) is 4.98 Å². The third kappa shape index (κ3) is 2.53. The lowest BCUT2D eigenvalue weighted by molar-refractivity contribution is -0.143. The van der Waals surface area contributed by atoms with E-state index in [-0.39, 0.29) is 18.5 Å². The minimum Gasteiger partial charge on any atom is -0.481 e. The van der Waals surface area contributed by atoms with Crippen LogP contribution in [0.2, 0.25) is 0 Å². The topological polar surface area (TPSA) is 76.2 Å². The predicted octanol–water partition coefficient (Wildman–Crippen LogP) is 1.74. The molecular formula is C15H15FN2O2. The fourth-order valence-corrected chi connectivity index (χ4v) is 2.26. The maximum absolute atomic E-state index is 14.0. The molecule has 104 valence electrons. The maximum Gasteiger partial charge on any atom is 0.315 e. The summed E-state index contributed by atoms with van der Waals surface area (Å²) in [5, 5.41) is 9.60. The van der Waals surface area contributed by atoms with Crippen LogP contribution in [0.1, 0.15) is 11.1 Å². The summed E-state index contributed by atoms with van der Waals surface area (Å²) >= 11 is 0. The molecule has 0 saturated heterocycles. The average molecular weight is 274 g/mol. The highest BCUT2D eigenvalue weighted by atomic mass is 19.1. The molecule has 1 aromatic heterocycles. The number of aliphatic carboxylic acids is 1. The van der Waals surface area contributed by atoms with Crippen LogP contribution in [0.5, 0.6) is 0 Å². The Bertz CT molecular complexity index is 604. The molecule has 0 amide bonds. The van der Waals surface area contributed by atoms with Gasteiger partial charge < -0.3 is 10.8 Å². The van der Waals surface area contributed by atoms with Crippen molar-refractivity contribution in [2.45, 2.75) is 11.8 Å². The molecule has 1 atom stereocenters. The Morgan fingerprint density at radius 3 is 2.60 bits per heavy atom. The SMILES string of the molecule is NCC(Cc1cccnc1)(C(=O)O)c1ccccc1F. The third-order valence-electron chi connectivity index (χ3n) is 3.38. The number of nitrogens with zero attached hydrogens (tertiary/aromatic N) is 1. The molecule has 1 heterocycles. The molecule has 2 rings (SSSR count). The molecule has 5 heteroatoms. The summed E-state index contributed by atoms with van der Waals surface area (Å²) < 4.78 is 14.0. The molecule has 1 aromatic carbocycles.